The number of ether oxygens (including phenoxy) is 1. The van der Waals surface area contributed by atoms with E-state index in [0.717, 1.165) is 6.42 Å². The quantitative estimate of drug-likeness (QED) is 0.724. The third kappa shape index (κ3) is 3.19. The van der Waals surface area contributed by atoms with Gasteiger partial charge >= 0.3 is 6.03 Å². The second kappa shape index (κ2) is 6.79. The molecule has 2 bridgehead atoms. The molecular weight excluding hydrogens is 381 g/mol. The van der Waals surface area contributed by atoms with E-state index in [4.69, 9.17) is 27.9 Å². The van der Waals surface area contributed by atoms with E-state index in [1.165, 1.54) is 12.1 Å². The van der Waals surface area contributed by atoms with Gasteiger partial charge in [-0.15, -0.1) is 0 Å². The molecular formula is C17H19Cl2N3O4. The summed E-state index contributed by atoms with van der Waals surface area (Å²) in [6.45, 7) is 1.74. The number of fused-ring (bicyclic) bond motifs is 2. The lowest BCUT2D eigenvalue weighted by molar-refractivity contribution is -0.00264. The Morgan fingerprint density at radius 3 is 2.58 bits per heavy atom. The van der Waals surface area contributed by atoms with Gasteiger partial charge in [-0.1, -0.05) is 23.2 Å². The molecule has 0 unspecified atom stereocenters. The topological polar surface area (TPSA) is 90.9 Å². The minimum atomic E-state index is -0.410. The minimum Gasteiger partial charge on any atom is -0.506 e. The molecule has 4 rings (SSSR count). The number of halogens is 2. The van der Waals surface area contributed by atoms with Crippen LogP contribution in [-0.4, -0.2) is 59.8 Å². The van der Waals surface area contributed by atoms with Crippen molar-refractivity contribution >= 4 is 35.1 Å². The van der Waals surface area contributed by atoms with Crippen LogP contribution in [0.25, 0.3) is 0 Å². The van der Waals surface area contributed by atoms with Gasteiger partial charge in [0.2, 0.25) is 0 Å². The minimum absolute atomic E-state index is 0.0402. The number of likely N-dealkylation sites (tertiary alicyclic amines) is 1. The number of benzene rings is 1. The van der Waals surface area contributed by atoms with Crippen molar-refractivity contribution in [3.05, 3.63) is 27.7 Å². The number of hydrogen-bond donors (Lipinski definition) is 3. The fourth-order valence-electron chi connectivity index (χ4n) is 3.94. The molecule has 3 aliphatic rings. The molecule has 1 aromatic carbocycles. The van der Waals surface area contributed by atoms with E-state index in [1.807, 2.05) is 4.90 Å². The van der Waals surface area contributed by atoms with Crippen LogP contribution in [0.2, 0.25) is 10.0 Å². The molecule has 3 N–H and O–H groups in total. The Labute approximate surface area is 160 Å². The molecule has 3 amide bonds. The lowest BCUT2D eigenvalue weighted by Crippen LogP contribution is -2.56. The molecule has 2 saturated heterocycles. The zero-order valence-electron chi connectivity index (χ0n) is 13.9. The van der Waals surface area contributed by atoms with Gasteiger partial charge in [-0.25, -0.2) is 4.79 Å². The van der Waals surface area contributed by atoms with Gasteiger partial charge in [-0.2, -0.15) is 0 Å². The summed E-state index contributed by atoms with van der Waals surface area (Å²) in [4.78, 5) is 26.7. The molecule has 2 aliphatic heterocycles. The maximum Gasteiger partial charge on any atom is 0.318 e. The molecule has 9 heteroatoms. The Kier molecular flexibility index (Phi) is 4.62. The lowest BCUT2D eigenvalue weighted by atomic mass is 10.0. The molecule has 0 spiro atoms. The van der Waals surface area contributed by atoms with Crippen LogP contribution in [0.4, 0.5) is 4.79 Å². The van der Waals surface area contributed by atoms with Crippen molar-refractivity contribution < 1.29 is 19.4 Å². The number of hydrogen-bond acceptors (Lipinski definition) is 4. The number of phenols is 1. The van der Waals surface area contributed by atoms with Crippen LogP contribution in [0.3, 0.4) is 0 Å². The van der Waals surface area contributed by atoms with Gasteiger partial charge in [0.15, 0.2) is 0 Å². The first-order valence-electron chi connectivity index (χ1n) is 8.56. The van der Waals surface area contributed by atoms with Crippen LogP contribution in [-0.2, 0) is 4.74 Å². The van der Waals surface area contributed by atoms with E-state index in [-0.39, 0.29) is 51.4 Å². The summed E-state index contributed by atoms with van der Waals surface area (Å²) in [5.74, 6) is -0.489. The Morgan fingerprint density at radius 2 is 1.96 bits per heavy atom. The van der Waals surface area contributed by atoms with Crippen LogP contribution < -0.4 is 10.6 Å². The number of amides is 3. The van der Waals surface area contributed by atoms with Crippen molar-refractivity contribution in [2.45, 2.75) is 31.0 Å². The molecule has 2 heterocycles. The summed E-state index contributed by atoms with van der Waals surface area (Å²) in [5.41, 5.74) is 0.0601. The van der Waals surface area contributed by atoms with Crippen LogP contribution in [0, 0.1) is 5.92 Å². The third-order valence-corrected chi connectivity index (χ3v) is 5.86. The molecule has 1 aliphatic carbocycles. The Morgan fingerprint density at radius 1 is 1.19 bits per heavy atom. The number of urea groups is 1. The van der Waals surface area contributed by atoms with Gasteiger partial charge < -0.3 is 25.4 Å². The molecule has 3 fully saturated rings. The fourth-order valence-corrected chi connectivity index (χ4v) is 4.43. The number of aromatic hydroxyl groups is 1. The summed E-state index contributed by atoms with van der Waals surface area (Å²) >= 11 is 11.8. The van der Waals surface area contributed by atoms with Crippen LogP contribution >= 0.6 is 23.2 Å². The molecule has 0 aromatic heterocycles. The van der Waals surface area contributed by atoms with Gasteiger partial charge in [0.25, 0.3) is 5.91 Å². The molecule has 3 atom stereocenters. The van der Waals surface area contributed by atoms with Gasteiger partial charge in [0, 0.05) is 23.7 Å². The van der Waals surface area contributed by atoms with E-state index >= 15 is 0 Å². The van der Waals surface area contributed by atoms with E-state index in [9.17, 15) is 14.7 Å². The number of nitrogens with zero attached hydrogens (tertiary/aromatic N) is 1. The normalized spacial score (nSPS) is 27.3. The number of nitrogens with one attached hydrogen (secondary N) is 2. The molecule has 1 aromatic rings. The van der Waals surface area contributed by atoms with Crippen molar-refractivity contribution in [2.75, 3.05) is 19.8 Å². The monoisotopic (exact) mass is 399 g/mol. The van der Waals surface area contributed by atoms with Crippen LogP contribution in [0.1, 0.15) is 23.2 Å². The summed E-state index contributed by atoms with van der Waals surface area (Å²) in [5, 5.41) is 16.2. The van der Waals surface area contributed by atoms with Crippen molar-refractivity contribution in [2.24, 2.45) is 5.92 Å². The highest BCUT2D eigenvalue weighted by Gasteiger charge is 2.47. The predicted molar refractivity (Wildman–Crippen MR) is 95.7 cm³/mol. The SMILES string of the molecule is O=C(N[C@@H]1C[C@H]2C[C@@H]1CN2C(=O)NC1COC1)c1cc(Cl)cc(Cl)c1O. The van der Waals surface area contributed by atoms with Gasteiger partial charge in [-0.05, 0) is 30.9 Å². The largest absolute Gasteiger partial charge is 0.506 e. The zero-order valence-corrected chi connectivity index (χ0v) is 15.4. The first kappa shape index (κ1) is 17.7. The van der Waals surface area contributed by atoms with E-state index < -0.39 is 5.91 Å². The highest BCUT2D eigenvalue weighted by atomic mass is 35.5. The summed E-state index contributed by atoms with van der Waals surface area (Å²) in [6.07, 6.45) is 1.56. The second-order valence-corrected chi connectivity index (χ2v) is 7.93. The maximum atomic E-state index is 12.5. The van der Waals surface area contributed by atoms with Crippen molar-refractivity contribution in [1.82, 2.24) is 15.5 Å². The van der Waals surface area contributed by atoms with Gasteiger partial charge in [-0.3, -0.25) is 4.79 Å². The van der Waals surface area contributed by atoms with Crippen molar-refractivity contribution in [3.63, 3.8) is 0 Å². The number of piperidine rings is 1. The van der Waals surface area contributed by atoms with Crippen molar-refractivity contribution in [3.8, 4) is 5.75 Å². The molecule has 0 radical (unpaired) electrons. The van der Waals surface area contributed by atoms with E-state index in [1.54, 1.807) is 0 Å². The number of carbonyl (C=O) groups excluding carboxylic acids is 2. The molecule has 1 saturated carbocycles. The number of carbonyl (C=O) groups is 2. The predicted octanol–water partition coefficient (Wildman–Crippen LogP) is 2.00. The molecule has 7 nitrogen and oxygen atoms in total. The highest BCUT2D eigenvalue weighted by molar-refractivity contribution is 6.36. The standard InChI is InChI=1S/C17H19Cl2N3O4/c18-9-2-12(15(23)13(19)3-9)16(24)21-14-4-11-1-8(14)5-22(11)17(25)20-10-6-26-7-10/h2-3,8,10-11,14,23H,1,4-7H2,(H,20,25)(H,21,24)/t8-,11-,14-/m1/s1. The third-order valence-electron chi connectivity index (χ3n) is 5.36. The Balaban J connectivity index is 1.37. The fraction of sp³-hybridized carbons (Fsp3) is 0.529. The van der Waals surface area contributed by atoms with E-state index in [0.29, 0.717) is 26.2 Å². The van der Waals surface area contributed by atoms with Gasteiger partial charge in [0.05, 0.1) is 29.8 Å². The number of phenolic OH excluding ortho intramolecular Hbond substituents is 1. The first-order valence-corrected chi connectivity index (χ1v) is 9.31. The highest BCUT2D eigenvalue weighted by Crippen LogP contribution is 2.38. The Bertz CT molecular complexity index is 756. The summed E-state index contributed by atoms with van der Waals surface area (Å²) in [6, 6.07) is 2.90. The van der Waals surface area contributed by atoms with E-state index in [2.05, 4.69) is 10.6 Å². The summed E-state index contributed by atoms with van der Waals surface area (Å²) < 4.78 is 5.07. The number of rotatable bonds is 3. The maximum absolute atomic E-state index is 12.5. The molecule has 26 heavy (non-hydrogen) atoms. The zero-order chi connectivity index (χ0) is 18.4. The second-order valence-electron chi connectivity index (χ2n) is 7.09. The van der Waals surface area contributed by atoms with Crippen LogP contribution in [0.5, 0.6) is 5.75 Å². The van der Waals surface area contributed by atoms with Gasteiger partial charge in [0.1, 0.15) is 5.75 Å². The Hall–Kier alpha value is -1.70. The smallest absolute Gasteiger partial charge is 0.318 e. The van der Waals surface area contributed by atoms with Crippen LogP contribution in [0.15, 0.2) is 12.1 Å². The first-order chi connectivity index (χ1) is 12.4. The van der Waals surface area contributed by atoms with Crippen molar-refractivity contribution in [1.29, 1.82) is 0 Å². The molecule has 140 valence electrons. The average Bonchev–Trinajstić information content (AvgIpc) is 3.14. The summed E-state index contributed by atoms with van der Waals surface area (Å²) in [7, 11) is 0. The average molecular weight is 400 g/mol. The lowest BCUT2D eigenvalue weighted by Gasteiger charge is -2.35.